The lowest BCUT2D eigenvalue weighted by Gasteiger charge is -2.45. The van der Waals surface area contributed by atoms with Gasteiger partial charge in [0.25, 0.3) is 0 Å². The monoisotopic (exact) mass is 99.1 g/mol. The number of likely N-dealkylation sites (tertiary alicyclic amines) is 1. The summed E-state index contributed by atoms with van der Waals surface area (Å²) in [7, 11) is 2.17. The van der Waals surface area contributed by atoms with E-state index in [0.29, 0.717) is 5.54 Å². The molecule has 1 aliphatic heterocycles. The van der Waals surface area contributed by atoms with Crippen LogP contribution in [-0.2, 0) is 0 Å². The van der Waals surface area contributed by atoms with Crippen molar-refractivity contribution in [2.45, 2.75) is 25.8 Å². The maximum absolute atomic E-state index is 2.37. The molecule has 0 aromatic rings. The van der Waals surface area contributed by atoms with Gasteiger partial charge in [0.15, 0.2) is 0 Å². The van der Waals surface area contributed by atoms with Crippen molar-refractivity contribution in [2.75, 3.05) is 13.6 Å². The molecule has 42 valence electrons. The Bertz CT molecular complexity index is 76.2. The highest BCUT2D eigenvalue weighted by atomic mass is 15.2. The predicted molar refractivity (Wildman–Crippen MR) is 31.3 cm³/mol. The quantitative estimate of drug-likeness (QED) is 0.439. The molecular weight excluding hydrogens is 86.1 g/mol. The van der Waals surface area contributed by atoms with Gasteiger partial charge in [-0.2, -0.15) is 0 Å². The maximum atomic E-state index is 2.37. The third kappa shape index (κ3) is 0.653. The van der Waals surface area contributed by atoms with E-state index in [1.165, 1.54) is 13.0 Å². The van der Waals surface area contributed by atoms with Gasteiger partial charge in [-0.3, -0.25) is 0 Å². The van der Waals surface area contributed by atoms with Crippen molar-refractivity contribution in [1.29, 1.82) is 0 Å². The molecule has 1 rings (SSSR count). The van der Waals surface area contributed by atoms with E-state index in [1.807, 2.05) is 0 Å². The van der Waals surface area contributed by atoms with Crippen LogP contribution < -0.4 is 0 Å². The topological polar surface area (TPSA) is 3.24 Å². The van der Waals surface area contributed by atoms with Crippen molar-refractivity contribution >= 4 is 0 Å². The van der Waals surface area contributed by atoms with E-state index in [0.717, 1.165) is 0 Å². The second-order valence-corrected chi connectivity index (χ2v) is 2.98. The summed E-state index contributed by atoms with van der Waals surface area (Å²) < 4.78 is 0. The van der Waals surface area contributed by atoms with Crippen molar-refractivity contribution in [1.82, 2.24) is 4.90 Å². The van der Waals surface area contributed by atoms with Crippen LogP contribution in [0.1, 0.15) is 20.3 Å². The average Bonchev–Trinajstić information content (AvgIpc) is 1.63. The van der Waals surface area contributed by atoms with Gasteiger partial charge in [0.1, 0.15) is 0 Å². The maximum Gasteiger partial charge on any atom is 0.0162 e. The normalized spacial score (nSPS) is 29.6. The summed E-state index contributed by atoms with van der Waals surface area (Å²) in [4.78, 5) is 2.37. The first-order valence-electron chi connectivity index (χ1n) is 2.84. The van der Waals surface area contributed by atoms with Gasteiger partial charge in [-0.05, 0) is 27.3 Å². The SMILES string of the molecule is CN1CCC1(C)C. The van der Waals surface area contributed by atoms with Gasteiger partial charge in [0, 0.05) is 12.1 Å². The Morgan fingerprint density at radius 1 is 1.43 bits per heavy atom. The molecule has 0 N–H and O–H groups in total. The molecule has 1 fully saturated rings. The number of hydrogen-bond acceptors (Lipinski definition) is 1. The average molecular weight is 99.2 g/mol. The molecule has 0 spiro atoms. The Morgan fingerprint density at radius 2 is 1.86 bits per heavy atom. The van der Waals surface area contributed by atoms with Gasteiger partial charge in [0.05, 0.1) is 0 Å². The summed E-state index contributed by atoms with van der Waals surface area (Å²) in [5, 5.41) is 0. The molecule has 0 aliphatic carbocycles. The molecule has 0 bridgehead atoms. The first-order chi connectivity index (χ1) is 3.13. The predicted octanol–water partition coefficient (Wildman–Crippen LogP) is 1.10. The highest BCUT2D eigenvalue weighted by molar-refractivity contribution is 4.88. The van der Waals surface area contributed by atoms with Gasteiger partial charge in [-0.15, -0.1) is 0 Å². The van der Waals surface area contributed by atoms with E-state index in [-0.39, 0.29) is 0 Å². The largest absolute Gasteiger partial charge is 0.301 e. The summed E-state index contributed by atoms with van der Waals surface area (Å²) in [6.45, 7) is 5.83. The van der Waals surface area contributed by atoms with Crippen LogP contribution in [0.2, 0.25) is 0 Å². The van der Waals surface area contributed by atoms with Crippen molar-refractivity contribution in [3.05, 3.63) is 0 Å². The summed E-state index contributed by atoms with van der Waals surface area (Å²) in [5.74, 6) is 0. The molecule has 0 aromatic carbocycles. The van der Waals surface area contributed by atoms with Gasteiger partial charge < -0.3 is 4.90 Å². The number of hydrogen-bond donors (Lipinski definition) is 0. The van der Waals surface area contributed by atoms with Crippen molar-refractivity contribution in [3.63, 3.8) is 0 Å². The van der Waals surface area contributed by atoms with Crippen molar-refractivity contribution in [3.8, 4) is 0 Å². The standard InChI is InChI=1S/C6H13N/c1-6(2)4-5-7(6)3/h4-5H2,1-3H3. The fraction of sp³-hybridized carbons (Fsp3) is 1.00. The lowest BCUT2D eigenvalue weighted by Crippen LogP contribution is -2.52. The van der Waals surface area contributed by atoms with Crippen LogP contribution in [0.25, 0.3) is 0 Å². The van der Waals surface area contributed by atoms with Crippen LogP contribution in [0, 0.1) is 0 Å². The molecule has 0 saturated carbocycles. The molecule has 7 heavy (non-hydrogen) atoms. The van der Waals surface area contributed by atoms with Crippen LogP contribution in [0.4, 0.5) is 0 Å². The smallest absolute Gasteiger partial charge is 0.0162 e. The van der Waals surface area contributed by atoms with Gasteiger partial charge >= 0.3 is 0 Å². The van der Waals surface area contributed by atoms with Crippen LogP contribution in [0.3, 0.4) is 0 Å². The minimum absolute atomic E-state index is 0.514. The van der Waals surface area contributed by atoms with Crippen LogP contribution in [0.15, 0.2) is 0 Å². The van der Waals surface area contributed by atoms with Gasteiger partial charge in [-0.1, -0.05) is 0 Å². The summed E-state index contributed by atoms with van der Waals surface area (Å²) in [6, 6.07) is 0. The Labute approximate surface area is 45.3 Å². The fourth-order valence-corrected chi connectivity index (χ4v) is 0.783. The zero-order valence-corrected chi connectivity index (χ0v) is 5.36. The summed E-state index contributed by atoms with van der Waals surface area (Å²) in [6.07, 6.45) is 1.36. The van der Waals surface area contributed by atoms with E-state index >= 15 is 0 Å². The third-order valence-electron chi connectivity index (χ3n) is 2.09. The zero-order chi connectivity index (χ0) is 5.49. The van der Waals surface area contributed by atoms with Crippen molar-refractivity contribution in [2.24, 2.45) is 0 Å². The molecule has 0 atom stereocenters. The van der Waals surface area contributed by atoms with E-state index < -0.39 is 0 Å². The second kappa shape index (κ2) is 1.22. The number of rotatable bonds is 0. The van der Waals surface area contributed by atoms with Crippen LogP contribution in [-0.4, -0.2) is 24.0 Å². The zero-order valence-electron chi connectivity index (χ0n) is 5.36. The first-order valence-corrected chi connectivity index (χ1v) is 2.84. The molecule has 0 aromatic heterocycles. The molecule has 1 heterocycles. The van der Waals surface area contributed by atoms with E-state index in [2.05, 4.69) is 25.8 Å². The minimum atomic E-state index is 0.514. The second-order valence-electron chi connectivity index (χ2n) is 2.98. The molecule has 0 amide bonds. The molecule has 1 nitrogen and oxygen atoms in total. The molecule has 1 aliphatic rings. The highest BCUT2D eigenvalue weighted by Gasteiger charge is 2.31. The third-order valence-corrected chi connectivity index (χ3v) is 2.09. The summed E-state index contributed by atoms with van der Waals surface area (Å²) in [5.41, 5.74) is 0.514. The Kier molecular flexibility index (Phi) is 0.890. The Morgan fingerprint density at radius 3 is 1.86 bits per heavy atom. The van der Waals surface area contributed by atoms with E-state index in [9.17, 15) is 0 Å². The Balaban J connectivity index is 2.43. The van der Waals surface area contributed by atoms with Gasteiger partial charge in [-0.25, -0.2) is 0 Å². The van der Waals surface area contributed by atoms with E-state index in [1.54, 1.807) is 0 Å². The molecule has 0 radical (unpaired) electrons. The molecule has 0 unspecified atom stereocenters. The molecule has 1 saturated heterocycles. The van der Waals surface area contributed by atoms with Crippen LogP contribution in [0.5, 0.6) is 0 Å². The highest BCUT2D eigenvalue weighted by Crippen LogP contribution is 2.26. The van der Waals surface area contributed by atoms with Crippen LogP contribution >= 0.6 is 0 Å². The molecular formula is C6H13N. The minimum Gasteiger partial charge on any atom is -0.301 e. The number of nitrogens with zero attached hydrogens (tertiary/aromatic N) is 1. The molecule has 1 heteroatoms. The first kappa shape index (κ1) is 5.10. The van der Waals surface area contributed by atoms with Gasteiger partial charge in [0.2, 0.25) is 0 Å². The van der Waals surface area contributed by atoms with E-state index in [4.69, 9.17) is 0 Å². The summed E-state index contributed by atoms with van der Waals surface area (Å²) >= 11 is 0. The lowest BCUT2D eigenvalue weighted by atomic mass is 9.90. The lowest BCUT2D eigenvalue weighted by molar-refractivity contribution is 0.0451. The fourth-order valence-electron chi connectivity index (χ4n) is 0.783. The van der Waals surface area contributed by atoms with Crippen molar-refractivity contribution < 1.29 is 0 Å². The Hall–Kier alpha value is -0.0400.